The van der Waals surface area contributed by atoms with Gasteiger partial charge in [0, 0.05) is 88.6 Å². The molecule has 71 heavy (non-hydrogen) atoms. The van der Waals surface area contributed by atoms with E-state index in [4.69, 9.17) is 48.7 Å². The summed E-state index contributed by atoms with van der Waals surface area (Å²) in [5.74, 6) is -1.04. The summed E-state index contributed by atoms with van der Waals surface area (Å²) in [5, 5.41) is 52.5. The van der Waals surface area contributed by atoms with Gasteiger partial charge in [-0.1, -0.05) is 37.5 Å². The maximum absolute atomic E-state index is 14.1. The minimum Gasteiger partial charge on any atom is -0.495 e. The van der Waals surface area contributed by atoms with E-state index in [0.29, 0.717) is 62.6 Å². The van der Waals surface area contributed by atoms with Crippen molar-refractivity contribution >= 4 is 56.4 Å². The number of carbonyl (C=O) groups excluding carboxylic acids is 3. The lowest BCUT2D eigenvalue weighted by Gasteiger charge is -2.22. The predicted molar refractivity (Wildman–Crippen MR) is 264 cm³/mol. The fraction of sp³-hybridized carbons (Fsp3) is 0.571. The summed E-state index contributed by atoms with van der Waals surface area (Å²) in [5.41, 5.74) is 1.60. The third-order valence-corrected chi connectivity index (χ3v) is 12.5. The first-order valence-corrected chi connectivity index (χ1v) is 25.6. The minimum atomic E-state index is -4.09. The van der Waals surface area contributed by atoms with Gasteiger partial charge < -0.3 is 54.4 Å². The number of aliphatic hydroxyl groups is 3. The van der Waals surface area contributed by atoms with Crippen molar-refractivity contribution in [2.45, 2.75) is 88.9 Å². The molecule has 0 fully saturated rings. The lowest BCUT2D eigenvalue weighted by Crippen LogP contribution is -2.36. The van der Waals surface area contributed by atoms with Gasteiger partial charge in [0.2, 0.25) is 0 Å². The number of para-hydroxylation sites is 1. The van der Waals surface area contributed by atoms with Crippen LogP contribution in [0.4, 0.5) is 28.7 Å². The number of anilines is 3. The molecule has 0 atom stereocenters. The Kier molecular flexibility index (Phi) is 28.7. The van der Waals surface area contributed by atoms with Crippen LogP contribution < -0.4 is 20.1 Å². The normalized spacial score (nSPS) is 11.4. The largest absolute Gasteiger partial charge is 0.495 e. The zero-order chi connectivity index (χ0) is 51.7. The number of azo groups is 1. The Morgan fingerprint density at radius 1 is 0.704 bits per heavy atom. The average Bonchev–Trinajstić information content (AvgIpc) is 3.36. The van der Waals surface area contributed by atoms with E-state index in [1.165, 1.54) is 26.4 Å². The number of aromatic nitrogens is 1. The number of carbonyl (C=O) groups is 3. The number of nitrogens with zero attached hydrogens (tertiary/aromatic N) is 5. The average molecular weight is 1010 g/mol. The second kappa shape index (κ2) is 34.4. The Hall–Kier alpha value is -5.96. The molecule has 0 amide bonds. The van der Waals surface area contributed by atoms with Crippen molar-refractivity contribution in [1.29, 1.82) is 5.26 Å². The van der Waals surface area contributed by atoms with Gasteiger partial charge in [0.1, 0.15) is 59.5 Å². The number of benzene rings is 2. The molecule has 0 radical (unpaired) electrons. The number of rotatable bonds is 38. The van der Waals surface area contributed by atoms with Crippen LogP contribution in [0.15, 0.2) is 57.6 Å². The zero-order valence-corrected chi connectivity index (χ0v) is 42.0. The van der Waals surface area contributed by atoms with Crippen LogP contribution in [0, 0.1) is 18.3 Å². The number of esters is 3. The molecule has 21 nitrogen and oxygen atoms in total. The number of methoxy groups -OCH3 is 2. The van der Waals surface area contributed by atoms with E-state index < -0.39 is 27.5 Å². The van der Waals surface area contributed by atoms with E-state index in [2.05, 4.69) is 26.9 Å². The molecule has 1 heterocycles. The summed E-state index contributed by atoms with van der Waals surface area (Å²) in [6.07, 6.45) is 6.31. The molecular weight excluding hydrogens is 943 g/mol. The Labute approximate surface area is 416 Å². The van der Waals surface area contributed by atoms with Gasteiger partial charge in [0.15, 0.2) is 15.7 Å². The number of hydrogen-bond acceptors (Lipinski definition) is 21. The molecule has 0 unspecified atom stereocenters. The molecule has 1 aromatic heterocycles. The highest BCUT2D eigenvalue weighted by molar-refractivity contribution is 7.91. The van der Waals surface area contributed by atoms with Gasteiger partial charge in [-0.15, -0.1) is 10.2 Å². The minimum absolute atomic E-state index is 0.0230. The molecule has 0 aliphatic rings. The number of sulfone groups is 1. The van der Waals surface area contributed by atoms with E-state index in [1.54, 1.807) is 11.8 Å². The van der Waals surface area contributed by atoms with E-state index in [1.807, 2.05) is 30.3 Å². The molecule has 0 saturated heterocycles. The summed E-state index contributed by atoms with van der Waals surface area (Å²) < 4.78 is 60.9. The molecular formula is C49H71N7O14S. The molecule has 5 N–H and O–H groups in total. The van der Waals surface area contributed by atoms with Crippen molar-refractivity contribution in [2.75, 3.05) is 110 Å². The monoisotopic (exact) mass is 1010 g/mol. The Morgan fingerprint density at radius 3 is 1.80 bits per heavy atom. The predicted octanol–water partition coefficient (Wildman–Crippen LogP) is 6.23. The second-order valence-electron chi connectivity index (χ2n) is 16.1. The maximum Gasteiger partial charge on any atom is 0.305 e. The smallest absolute Gasteiger partial charge is 0.305 e. The quantitative estimate of drug-likeness (QED) is 0.0184. The Balaban J connectivity index is 1.81. The van der Waals surface area contributed by atoms with Crippen LogP contribution in [0.25, 0.3) is 0 Å². The Bertz CT molecular complexity index is 2230. The molecule has 3 rings (SSSR count). The molecule has 392 valence electrons. The van der Waals surface area contributed by atoms with Crippen LogP contribution in [0.1, 0.15) is 88.2 Å². The third-order valence-electron chi connectivity index (χ3n) is 10.8. The topological polar surface area (TPSA) is 290 Å². The molecule has 2 aromatic carbocycles. The van der Waals surface area contributed by atoms with Gasteiger partial charge in [0.25, 0.3) is 0 Å². The van der Waals surface area contributed by atoms with Crippen LogP contribution in [0.5, 0.6) is 11.5 Å². The molecule has 0 aliphatic heterocycles. The first-order chi connectivity index (χ1) is 34.4. The van der Waals surface area contributed by atoms with E-state index in [-0.39, 0.29) is 149 Å². The first-order valence-electron chi connectivity index (χ1n) is 23.9. The van der Waals surface area contributed by atoms with Crippen molar-refractivity contribution in [1.82, 2.24) is 9.88 Å². The van der Waals surface area contributed by atoms with Crippen LogP contribution >= 0.6 is 0 Å². The summed E-state index contributed by atoms with van der Waals surface area (Å²) >= 11 is 0. The van der Waals surface area contributed by atoms with Gasteiger partial charge in [-0.3, -0.25) is 19.3 Å². The number of aliphatic hydroxyl groups excluding tert-OH is 3. The van der Waals surface area contributed by atoms with E-state index >= 15 is 0 Å². The summed E-state index contributed by atoms with van der Waals surface area (Å²) in [6, 6.07) is 14.0. The number of hydrogen-bond donors (Lipinski definition) is 5. The van der Waals surface area contributed by atoms with Crippen LogP contribution in [0.2, 0.25) is 0 Å². The second-order valence-corrected chi connectivity index (χ2v) is 18.2. The highest BCUT2D eigenvalue weighted by atomic mass is 32.2. The molecule has 22 heteroatoms. The standard InChI is InChI=1S/C49H71N7O14S/c1-37-39(36-50)48(51-21-28-67-31-32-70-46(62)20-12-7-15-27-59)53-49(52-38-16-8-4-9-17-38)47(37)55-54-40-34-42(66-3)43(35-41(40)65-2)71(63,64)33-24-56(22-29-68-44(60)18-10-5-13-25-57)23-30-69-45(61)19-11-6-14-26-58/h4,8-9,16-17,34-35,57-59H,5-7,10-15,18-33H2,1-3H3,(H2,51,52,53)/b55-54+. The van der Waals surface area contributed by atoms with Gasteiger partial charge >= 0.3 is 17.9 Å². The molecule has 0 spiro atoms. The highest BCUT2D eigenvalue weighted by Gasteiger charge is 2.25. The fourth-order valence-corrected chi connectivity index (χ4v) is 8.28. The van der Waals surface area contributed by atoms with Gasteiger partial charge in [-0.25, -0.2) is 13.4 Å². The zero-order valence-electron chi connectivity index (χ0n) is 41.2. The van der Waals surface area contributed by atoms with Crippen molar-refractivity contribution in [3.63, 3.8) is 0 Å². The number of ether oxygens (including phenoxy) is 6. The molecule has 0 bridgehead atoms. The lowest BCUT2D eigenvalue weighted by molar-refractivity contribution is -0.146. The molecule has 0 saturated carbocycles. The lowest BCUT2D eigenvalue weighted by atomic mass is 10.1. The molecule has 3 aromatic rings. The fourth-order valence-electron chi connectivity index (χ4n) is 6.83. The number of nitriles is 1. The van der Waals surface area contributed by atoms with E-state index in [9.17, 15) is 28.1 Å². The third kappa shape index (κ3) is 22.3. The summed E-state index contributed by atoms with van der Waals surface area (Å²) in [4.78, 5) is 42.8. The van der Waals surface area contributed by atoms with Crippen molar-refractivity contribution in [3.05, 3.63) is 53.6 Å². The summed E-state index contributed by atoms with van der Waals surface area (Å²) in [7, 11) is -1.43. The SMILES string of the molecule is COc1cc(S(=O)(=O)CCN(CCOC(=O)CCCCCO)CCOC(=O)CCCCCO)c(OC)cc1/N=N/c1c(Nc2ccccc2)nc(NCCOCCOC(=O)CCCCCO)c(C#N)c1C. The number of unbranched alkanes of at least 4 members (excludes halogenated alkanes) is 6. The van der Waals surface area contributed by atoms with Crippen molar-refractivity contribution < 1.29 is 66.5 Å². The van der Waals surface area contributed by atoms with Gasteiger partial charge in [0.05, 0.1) is 38.7 Å². The van der Waals surface area contributed by atoms with Crippen molar-refractivity contribution in [2.24, 2.45) is 10.2 Å². The van der Waals surface area contributed by atoms with Crippen LogP contribution in [-0.2, 0) is 43.2 Å². The first kappa shape index (κ1) is 59.3. The molecule has 0 aliphatic carbocycles. The summed E-state index contributed by atoms with van der Waals surface area (Å²) in [6.45, 7) is 2.84. The maximum atomic E-state index is 14.1. The van der Waals surface area contributed by atoms with Gasteiger partial charge in [-0.2, -0.15) is 5.26 Å². The van der Waals surface area contributed by atoms with Crippen LogP contribution in [0.3, 0.4) is 0 Å². The highest BCUT2D eigenvalue weighted by Crippen LogP contribution is 2.41. The van der Waals surface area contributed by atoms with E-state index in [0.717, 1.165) is 6.42 Å². The van der Waals surface area contributed by atoms with Gasteiger partial charge in [-0.05, 0) is 57.6 Å². The number of nitrogens with one attached hydrogen (secondary N) is 2. The Morgan fingerprint density at radius 2 is 1.27 bits per heavy atom. The van der Waals surface area contributed by atoms with Crippen LogP contribution in [-0.4, -0.2) is 151 Å². The van der Waals surface area contributed by atoms with Crippen molar-refractivity contribution in [3.8, 4) is 17.6 Å². The number of pyridine rings is 1.